The maximum absolute atomic E-state index is 11.2. The topological polar surface area (TPSA) is 90.1 Å². The van der Waals surface area contributed by atoms with E-state index in [-0.39, 0.29) is 6.42 Å². The number of carboxylic acids is 1. The fourth-order valence-electron chi connectivity index (χ4n) is 3.01. The lowest BCUT2D eigenvalue weighted by atomic mass is 9.78. The maximum atomic E-state index is 11.2. The Morgan fingerprint density at radius 1 is 1.50 bits per heavy atom. The van der Waals surface area contributed by atoms with Crippen molar-refractivity contribution in [3.05, 3.63) is 17.8 Å². The summed E-state index contributed by atoms with van der Waals surface area (Å²) in [6, 6.07) is 3.70. The molecule has 0 saturated heterocycles. The highest BCUT2D eigenvalue weighted by atomic mass is 16.4. The number of hydrogen-bond donors (Lipinski definition) is 1. The molecule has 1 aromatic rings. The van der Waals surface area contributed by atoms with Crippen molar-refractivity contribution in [3.63, 3.8) is 0 Å². The van der Waals surface area contributed by atoms with Crippen LogP contribution >= 0.6 is 0 Å². The molecular formula is C14H18N4O2. The molecule has 1 N–H and O–H groups in total. The summed E-state index contributed by atoms with van der Waals surface area (Å²) in [5.74, 6) is -0.348. The van der Waals surface area contributed by atoms with Gasteiger partial charge in [-0.15, -0.1) is 5.10 Å². The van der Waals surface area contributed by atoms with E-state index < -0.39 is 11.5 Å². The lowest BCUT2D eigenvalue weighted by molar-refractivity contribution is -0.138. The summed E-state index contributed by atoms with van der Waals surface area (Å²) in [6.07, 6.45) is 6.26. The van der Waals surface area contributed by atoms with Crippen LogP contribution in [0.2, 0.25) is 0 Å². The van der Waals surface area contributed by atoms with Crippen LogP contribution in [0.25, 0.3) is 0 Å². The van der Waals surface area contributed by atoms with E-state index in [0.717, 1.165) is 32.1 Å². The van der Waals surface area contributed by atoms with Crippen LogP contribution in [-0.2, 0) is 4.79 Å². The van der Waals surface area contributed by atoms with Gasteiger partial charge in [-0.2, -0.15) is 10.4 Å². The minimum atomic E-state index is -0.818. The molecule has 1 aromatic heterocycles. The van der Waals surface area contributed by atoms with E-state index in [2.05, 4.69) is 16.3 Å². The molecule has 1 aliphatic rings. The molecule has 0 spiro atoms. The lowest BCUT2D eigenvalue weighted by Crippen LogP contribution is -2.50. The van der Waals surface area contributed by atoms with E-state index in [1.807, 2.05) is 11.9 Å². The minimum absolute atomic E-state index is 0.0605. The van der Waals surface area contributed by atoms with Gasteiger partial charge in [0.2, 0.25) is 0 Å². The normalized spacial score (nSPS) is 17.2. The first kappa shape index (κ1) is 14.3. The van der Waals surface area contributed by atoms with Crippen molar-refractivity contribution in [1.82, 2.24) is 10.2 Å². The number of aliphatic carboxylic acids is 1. The van der Waals surface area contributed by atoms with E-state index >= 15 is 0 Å². The summed E-state index contributed by atoms with van der Waals surface area (Å²) in [6.45, 7) is 0. The molecule has 6 nitrogen and oxygen atoms in total. The van der Waals surface area contributed by atoms with Crippen LogP contribution < -0.4 is 4.90 Å². The van der Waals surface area contributed by atoms with Gasteiger partial charge < -0.3 is 10.0 Å². The Labute approximate surface area is 118 Å². The molecule has 1 heterocycles. The summed E-state index contributed by atoms with van der Waals surface area (Å²) in [7, 11) is 1.82. The molecule has 0 bridgehead atoms. The Kier molecular flexibility index (Phi) is 4.18. The Balaban J connectivity index is 2.38. The first-order valence-electron chi connectivity index (χ1n) is 6.76. The molecule has 0 aliphatic heterocycles. The third-order valence-corrected chi connectivity index (χ3v) is 4.12. The fourth-order valence-corrected chi connectivity index (χ4v) is 3.01. The second-order valence-electron chi connectivity index (χ2n) is 5.29. The highest BCUT2D eigenvalue weighted by molar-refractivity contribution is 5.70. The predicted molar refractivity (Wildman–Crippen MR) is 73.2 cm³/mol. The Morgan fingerprint density at radius 3 is 2.80 bits per heavy atom. The van der Waals surface area contributed by atoms with Gasteiger partial charge in [0.15, 0.2) is 5.82 Å². The first-order chi connectivity index (χ1) is 9.59. The van der Waals surface area contributed by atoms with Crippen molar-refractivity contribution in [3.8, 4) is 6.07 Å². The number of anilines is 1. The van der Waals surface area contributed by atoms with E-state index in [0.29, 0.717) is 11.4 Å². The molecular weight excluding hydrogens is 256 g/mol. The van der Waals surface area contributed by atoms with Crippen LogP contribution in [0.15, 0.2) is 12.3 Å². The van der Waals surface area contributed by atoms with Crippen molar-refractivity contribution in [2.75, 3.05) is 11.9 Å². The highest BCUT2D eigenvalue weighted by Gasteiger charge is 2.39. The van der Waals surface area contributed by atoms with E-state index in [1.165, 1.54) is 6.20 Å². The van der Waals surface area contributed by atoms with Crippen molar-refractivity contribution >= 4 is 11.8 Å². The van der Waals surface area contributed by atoms with Crippen molar-refractivity contribution < 1.29 is 9.90 Å². The van der Waals surface area contributed by atoms with Gasteiger partial charge in [0.1, 0.15) is 6.07 Å². The SMILES string of the molecule is CN(c1nnccc1C#N)C1(CC(=O)O)CCCCC1. The predicted octanol–water partition coefficient (Wildman–Crippen LogP) is 1.96. The van der Waals surface area contributed by atoms with Crippen molar-refractivity contribution in [2.24, 2.45) is 0 Å². The molecule has 1 fully saturated rings. The summed E-state index contributed by atoms with van der Waals surface area (Å²) >= 11 is 0. The zero-order valence-electron chi connectivity index (χ0n) is 11.5. The van der Waals surface area contributed by atoms with Crippen LogP contribution in [0, 0.1) is 11.3 Å². The first-order valence-corrected chi connectivity index (χ1v) is 6.76. The van der Waals surface area contributed by atoms with Crippen LogP contribution in [0.1, 0.15) is 44.1 Å². The number of rotatable bonds is 4. The maximum Gasteiger partial charge on any atom is 0.305 e. The lowest BCUT2D eigenvalue weighted by Gasteiger charge is -2.44. The Bertz CT molecular complexity index is 532. The molecule has 0 radical (unpaired) electrons. The molecule has 1 aliphatic carbocycles. The average Bonchev–Trinajstić information content (AvgIpc) is 2.46. The van der Waals surface area contributed by atoms with Crippen molar-refractivity contribution in [1.29, 1.82) is 5.26 Å². The molecule has 0 atom stereocenters. The monoisotopic (exact) mass is 274 g/mol. The second kappa shape index (κ2) is 5.87. The summed E-state index contributed by atoms with van der Waals surface area (Å²) in [4.78, 5) is 13.1. The quantitative estimate of drug-likeness (QED) is 0.902. The average molecular weight is 274 g/mol. The van der Waals surface area contributed by atoms with Gasteiger partial charge in [-0.3, -0.25) is 4.79 Å². The third kappa shape index (κ3) is 2.72. The van der Waals surface area contributed by atoms with Crippen LogP contribution in [0.3, 0.4) is 0 Å². The summed E-state index contributed by atoms with van der Waals surface area (Å²) in [5, 5.41) is 26.3. The minimum Gasteiger partial charge on any atom is -0.481 e. The van der Waals surface area contributed by atoms with Gasteiger partial charge >= 0.3 is 5.97 Å². The highest BCUT2D eigenvalue weighted by Crippen LogP contribution is 2.38. The molecule has 0 unspecified atom stereocenters. The molecule has 0 aromatic carbocycles. The van der Waals surface area contributed by atoms with Gasteiger partial charge in [-0.25, -0.2) is 0 Å². The molecule has 6 heteroatoms. The smallest absolute Gasteiger partial charge is 0.305 e. The number of carbonyl (C=O) groups is 1. The van der Waals surface area contributed by atoms with Crippen LogP contribution in [0.5, 0.6) is 0 Å². The van der Waals surface area contributed by atoms with Gasteiger partial charge in [-0.05, 0) is 18.9 Å². The Hall–Kier alpha value is -2.16. The van der Waals surface area contributed by atoms with Crippen molar-refractivity contribution in [2.45, 2.75) is 44.1 Å². The van der Waals surface area contributed by atoms with Crippen LogP contribution in [0.4, 0.5) is 5.82 Å². The van der Waals surface area contributed by atoms with E-state index in [4.69, 9.17) is 0 Å². The number of carboxylic acid groups (broad SMARTS) is 1. The number of nitriles is 1. The van der Waals surface area contributed by atoms with E-state index in [1.54, 1.807) is 6.07 Å². The van der Waals surface area contributed by atoms with E-state index in [9.17, 15) is 15.2 Å². The summed E-state index contributed by atoms with van der Waals surface area (Å²) in [5.41, 5.74) is -0.0380. The standard InChI is InChI=1S/C14H18N4O2/c1-18(13-11(10-15)5-8-16-17-13)14(9-12(19)20)6-3-2-4-7-14/h5,8H,2-4,6-7,9H2,1H3,(H,19,20). The zero-order valence-corrected chi connectivity index (χ0v) is 11.5. The second-order valence-corrected chi connectivity index (χ2v) is 5.29. The molecule has 106 valence electrons. The van der Waals surface area contributed by atoms with Gasteiger partial charge in [-0.1, -0.05) is 19.3 Å². The van der Waals surface area contributed by atoms with Crippen LogP contribution in [-0.4, -0.2) is 33.9 Å². The van der Waals surface area contributed by atoms with Gasteiger partial charge in [0.25, 0.3) is 0 Å². The molecule has 0 amide bonds. The molecule has 2 rings (SSSR count). The van der Waals surface area contributed by atoms with Gasteiger partial charge in [0.05, 0.1) is 23.7 Å². The molecule has 20 heavy (non-hydrogen) atoms. The fraction of sp³-hybridized carbons (Fsp3) is 0.571. The number of hydrogen-bond acceptors (Lipinski definition) is 5. The molecule has 1 saturated carbocycles. The number of nitrogens with zero attached hydrogens (tertiary/aromatic N) is 4. The summed E-state index contributed by atoms with van der Waals surface area (Å²) < 4.78 is 0. The number of aromatic nitrogens is 2. The van der Waals surface area contributed by atoms with Gasteiger partial charge in [0, 0.05) is 7.05 Å². The third-order valence-electron chi connectivity index (χ3n) is 4.12. The zero-order chi connectivity index (χ0) is 14.6. The Morgan fingerprint density at radius 2 is 2.20 bits per heavy atom. The largest absolute Gasteiger partial charge is 0.481 e.